The van der Waals surface area contributed by atoms with Crippen LogP contribution in [0.15, 0.2) is 35.5 Å². The van der Waals surface area contributed by atoms with Crippen LogP contribution in [0.2, 0.25) is 0 Å². The highest BCUT2D eigenvalue weighted by Gasteiger charge is 2.48. The molecule has 0 saturated carbocycles. The van der Waals surface area contributed by atoms with E-state index in [0.717, 1.165) is 34.2 Å². The molecule has 12 heteroatoms. The largest absolute Gasteiger partial charge is 0.417 e. The lowest BCUT2D eigenvalue weighted by Crippen LogP contribution is -2.55. The molecule has 0 aliphatic carbocycles. The lowest BCUT2D eigenvalue weighted by molar-refractivity contribution is -0.138. The summed E-state index contributed by atoms with van der Waals surface area (Å²) in [5, 5.41) is 2.47. The molecule has 1 spiro atoms. The smallest absolute Gasteiger partial charge is 0.355 e. The average molecular weight is 490 g/mol. The van der Waals surface area contributed by atoms with E-state index in [9.17, 15) is 22.8 Å². The number of likely N-dealkylation sites (tertiary alicyclic amines) is 1. The Morgan fingerprint density at radius 3 is 2.74 bits per heavy atom. The van der Waals surface area contributed by atoms with Gasteiger partial charge in [-0.05, 0) is 37.3 Å². The number of H-pyrrole nitrogens is 1. The number of fused-ring (bicyclic) bond motifs is 1. The summed E-state index contributed by atoms with van der Waals surface area (Å²) in [7, 11) is 1.23. The zero-order valence-electron chi connectivity index (χ0n) is 19.4. The lowest BCUT2D eigenvalue weighted by Gasteiger charge is -2.45. The van der Waals surface area contributed by atoms with Crippen LogP contribution in [0.25, 0.3) is 11.2 Å². The fourth-order valence-electron chi connectivity index (χ4n) is 5.37. The number of alkyl halides is 3. The van der Waals surface area contributed by atoms with Crippen LogP contribution in [0.4, 0.5) is 29.5 Å². The minimum Gasteiger partial charge on any atom is -0.355 e. The Morgan fingerprint density at radius 1 is 1.29 bits per heavy atom. The number of pyridine rings is 1. The van der Waals surface area contributed by atoms with E-state index in [0.29, 0.717) is 38.5 Å². The number of rotatable bonds is 2. The number of anilines is 2. The Morgan fingerprint density at radius 2 is 2.03 bits per heavy atom. The first kappa shape index (κ1) is 23.2. The summed E-state index contributed by atoms with van der Waals surface area (Å²) < 4.78 is 40.6. The van der Waals surface area contributed by atoms with Crippen molar-refractivity contribution in [3.8, 4) is 0 Å². The van der Waals surface area contributed by atoms with Gasteiger partial charge in [-0.15, -0.1) is 0 Å². The highest BCUT2D eigenvalue weighted by molar-refractivity contribution is 5.90. The van der Waals surface area contributed by atoms with Gasteiger partial charge in [-0.25, -0.2) is 14.8 Å². The maximum atomic E-state index is 13.3. The molecule has 2 saturated heterocycles. The Hall–Kier alpha value is -3.57. The van der Waals surface area contributed by atoms with Crippen molar-refractivity contribution < 1.29 is 18.0 Å². The van der Waals surface area contributed by atoms with E-state index in [4.69, 9.17) is 0 Å². The van der Waals surface area contributed by atoms with Crippen LogP contribution in [0.3, 0.4) is 0 Å². The van der Waals surface area contributed by atoms with Gasteiger partial charge in [0.05, 0.1) is 11.8 Å². The minimum atomic E-state index is -4.63. The van der Waals surface area contributed by atoms with E-state index in [1.54, 1.807) is 17.3 Å². The molecule has 3 aromatic heterocycles. The van der Waals surface area contributed by atoms with Gasteiger partial charge in [-0.3, -0.25) is 4.79 Å². The van der Waals surface area contributed by atoms with Crippen LogP contribution in [0, 0.1) is 5.92 Å². The molecule has 0 radical (unpaired) electrons. The monoisotopic (exact) mass is 489 g/mol. The van der Waals surface area contributed by atoms with E-state index in [-0.39, 0.29) is 11.6 Å². The number of urea groups is 1. The number of amides is 2. The summed E-state index contributed by atoms with van der Waals surface area (Å²) in [5.41, 5.74) is -1.00. The van der Waals surface area contributed by atoms with Crippen molar-refractivity contribution in [1.82, 2.24) is 24.4 Å². The number of nitrogens with one attached hydrogen (secondary N) is 2. The van der Waals surface area contributed by atoms with Gasteiger partial charge in [0.1, 0.15) is 17.0 Å². The molecule has 2 fully saturated rings. The number of aromatic amines is 1. The Bertz CT molecular complexity index is 1320. The van der Waals surface area contributed by atoms with E-state index in [1.807, 2.05) is 6.07 Å². The standard InChI is InChI=1S/C23H26F3N7O2/c1-14-10-22(4-7-32(8-5-22)18-11-28-19-16(29-18)3-6-27-19)33(12-14)21(35)30-17-9-15(23(24,25)26)13-31(2)20(17)34/h3,6,9,11,13-14H,4-5,7-8,10,12H2,1-2H3,(H,27,28)(H,30,35)/t14-/m1/s1. The van der Waals surface area contributed by atoms with E-state index < -0.39 is 28.9 Å². The molecule has 1 atom stereocenters. The molecule has 2 aliphatic heterocycles. The van der Waals surface area contributed by atoms with Gasteiger partial charge in [0.2, 0.25) is 0 Å². The number of aryl methyl sites for hydroxylation is 1. The molecule has 186 valence electrons. The number of carbonyl (C=O) groups is 1. The molecule has 5 rings (SSSR count). The molecule has 0 unspecified atom stereocenters. The van der Waals surface area contributed by atoms with E-state index in [2.05, 4.69) is 32.1 Å². The molecule has 9 nitrogen and oxygen atoms in total. The fraction of sp³-hybridized carbons (Fsp3) is 0.478. The Balaban J connectivity index is 1.34. The van der Waals surface area contributed by atoms with Crippen LogP contribution in [0.1, 0.15) is 31.7 Å². The summed E-state index contributed by atoms with van der Waals surface area (Å²) >= 11 is 0. The SMILES string of the molecule is C[C@H]1CN(C(=O)Nc2cc(C(F)(F)F)cn(C)c2=O)C2(CCN(c3cnc4[nH]ccc4n3)CC2)C1. The normalized spacial score (nSPS) is 20.1. The maximum Gasteiger partial charge on any atom is 0.417 e. The summed E-state index contributed by atoms with van der Waals surface area (Å²) in [6.07, 6.45) is 1.75. The third kappa shape index (κ3) is 4.21. The van der Waals surface area contributed by atoms with Gasteiger partial charge in [-0.2, -0.15) is 13.2 Å². The number of nitrogens with zero attached hydrogens (tertiary/aromatic N) is 5. The Labute approximate surface area is 199 Å². The summed E-state index contributed by atoms with van der Waals surface area (Å²) in [6.45, 7) is 3.84. The average Bonchev–Trinajstić information content (AvgIpc) is 3.40. The van der Waals surface area contributed by atoms with Crippen LogP contribution in [-0.2, 0) is 13.2 Å². The zero-order valence-corrected chi connectivity index (χ0v) is 19.4. The van der Waals surface area contributed by atoms with Crippen LogP contribution < -0.4 is 15.8 Å². The minimum absolute atomic E-state index is 0.229. The summed E-state index contributed by atoms with van der Waals surface area (Å²) in [5.74, 6) is 0.995. The summed E-state index contributed by atoms with van der Waals surface area (Å²) in [6, 6.07) is 2.01. The van der Waals surface area contributed by atoms with Crippen molar-refractivity contribution in [2.75, 3.05) is 29.9 Å². The molecular formula is C23H26F3N7O2. The molecule has 35 heavy (non-hydrogen) atoms. The van der Waals surface area contributed by atoms with E-state index in [1.165, 1.54) is 7.05 Å². The number of piperidine rings is 1. The van der Waals surface area contributed by atoms with Gasteiger partial charge in [0.25, 0.3) is 5.56 Å². The van der Waals surface area contributed by atoms with Crippen LogP contribution in [0.5, 0.6) is 0 Å². The van der Waals surface area contributed by atoms with Crippen molar-refractivity contribution in [3.63, 3.8) is 0 Å². The van der Waals surface area contributed by atoms with E-state index >= 15 is 0 Å². The first-order chi connectivity index (χ1) is 16.6. The molecule has 2 aliphatic rings. The van der Waals surface area contributed by atoms with Crippen molar-refractivity contribution in [1.29, 1.82) is 0 Å². The number of hydrogen-bond acceptors (Lipinski definition) is 5. The second-order valence-corrected chi connectivity index (χ2v) is 9.56. The quantitative estimate of drug-likeness (QED) is 0.573. The highest BCUT2D eigenvalue weighted by Crippen LogP contribution is 2.42. The maximum absolute atomic E-state index is 13.3. The van der Waals surface area contributed by atoms with Gasteiger partial charge < -0.3 is 24.7 Å². The van der Waals surface area contributed by atoms with Crippen molar-refractivity contribution in [3.05, 3.63) is 46.6 Å². The number of carbonyl (C=O) groups excluding carboxylic acids is 1. The zero-order chi connectivity index (χ0) is 25.0. The van der Waals surface area contributed by atoms with Crippen molar-refractivity contribution >= 4 is 28.7 Å². The number of halogens is 3. The molecular weight excluding hydrogens is 463 g/mol. The third-order valence-corrected chi connectivity index (χ3v) is 7.06. The van der Waals surface area contributed by atoms with Gasteiger partial charge >= 0.3 is 12.2 Å². The second-order valence-electron chi connectivity index (χ2n) is 9.56. The molecule has 3 aromatic rings. The number of hydrogen-bond donors (Lipinski definition) is 2. The first-order valence-corrected chi connectivity index (χ1v) is 11.5. The van der Waals surface area contributed by atoms with Crippen molar-refractivity contribution in [2.24, 2.45) is 13.0 Å². The van der Waals surface area contributed by atoms with Gasteiger partial charge in [-0.1, -0.05) is 6.92 Å². The highest BCUT2D eigenvalue weighted by atomic mass is 19.4. The third-order valence-electron chi connectivity index (χ3n) is 7.06. The number of aromatic nitrogens is 4. The predicted octanol–water partition coefficient (Wildman–Crippen LogP) is 3.59. The first-order valence-electron chi connectivity index (χ1n) is 11.5. The second kappa shape index (κ2) is 8.28. The topological polar surface area (TPSA) is 99.1 Å². The molecule has 0 aromatic carbocycles. The molecule has 2 amide bonds. The fourth-order valence-corrected chi connectivity index (χ4v) is 5.37. The van der Waals surface area contributed by atoms with Gasteiger partial charge in [0.15, 0.2) is 5.65 Å². The predicted molar refractivity (Wildman–Crippen MR) is 124 cm³/mol. The molecule has 5 heterocycles. The molecule has 2 N–H and O–H groups in total. The summed E-state index contributed by atoms with van der Waals surface area (Å²) in [4.78, 5) is 41.6. The van der Waals surface area contributed by atoms with Crippen LogP contribution >= 0.6 is 0 Å². The van der Waals surface area contributed by atoms with Crippen molar-refractivity contribution in [2.45, 2.75) is 37.9 Å². The Kier molecular flexibility index (Phi) is 5.48. The molecule has 0 bridgehead atoms. The van der Waals surface area contributed by atoms with Crippen LogP contribution in [-0.4, -0.2) is 55.6 Å². The van der Waals surface area contributed by atoms with Gasteiger partial charge in [0, 0.05) is 44.6 Å². The lowest BCUT2D eigenvalue weighted by atomic mass is 9.83.